The van der Waals surface area contributed by atoms with Crippen LogP contribution >= 0.6 is 0 Å². The van der Waals surface area contributed by atoms with Gasteiger partial charge in [-0.25, -0.2) is 0 Å². The molecule has 132 valence electrons. The second-order valence-electron chi connectivity index (χ2n) is 5.44. The van der Waals surface area contributed by atoms with E-state index in [1.165, 1.54) is 6.92 Å². The first-order valence-corrected chi connectivity index (χ1v) is 8.01. The quantitative estimate of drug-likeness (QED) is 0.808. The third kappa shape index (κ3) is 5.53. The molecule has 0 unspecified atom stereocenters. The Morgan fingerprint density at radius 1 is 1.00 bits per heavy atom. The first kappa shape index (κ1) is 18.3. The minimum Gasteiger partial charge on any atom is -0.497 e. The van der Waals surface area contributed by atoms with Gasteiger partial charge in [0.1, 0.15) is 11.5 Å². The van der Waals surface area contributed by atoms with Crippen LogP contribution in [-0.2, 0) is 9.59 Å². The molecule has 1 atom stereocenters. The first-order chi connectivity index (χ1) is 12.0. The summed E-state index contributed by atoms with van der Waals surface area (Å²) < 4.78 is 10.9. The Balaban J connectivity index is 2.05. The standard InChI is InChI=1S/C19H22N2O4/c1-4-18(25-17-10-6-9-16(12-17)24-3)19(23)21-15-8-5-7-14(11-15)20-13(2)22/h5-12,18H,4H2,1-3H3,(H,20,22)(H,21,23)/t18-/m1/s1. The fraction of sp³-hybridized carbons (Fsp3) is 0.263. The maximum atomic E-state index is 12.5. The number of ether oxygens (including phenoxy) is 2. The van der Waals surface area contributed by atoms with Gasteiger partial charge in [0, 0.05) is 24.4 Å². The summed E-state index contributed by atoms with van der Waals surface area (Å²) in [5, 5.41) is 5.49. The fourth-order valence-corrected chi connectivity index (χ4v) is 2.26. The molecule has 25 heavy (non-hydrogen) atoms. The van der Waals surface area contributed by atoms with Gasteiger partial charge in [-0.2, -0.15) is 0 Å². The van der Waals surface area contributed by atoms with Crippen LogP contribution in [0, 0.1) is 0 Å². The van der Waals surface area contributed by atoms with Crippen molar-refractivity contribution in [3.8, 4) is 11.5 Å². The Hall–Kier alpha value is -3.02. The van der Waals surface area contributed by atoms with Crippen LogP contribution in [0.1, 0.15) is 20.3 Å². The molecule has 0 fully saturated rings. The van der Waals surface area contributed by atoms with Crippen LogP contribution in [0.2, 0.25) is 0 Å². The average Bonchev–Trinajstić information content (AvgIpc) is 2.59. The van der Waals surface area contributed by atoms with Crippen LogP contribution < -0.4 is 20.1 Å². The molecule has 6 heteroatoms. The van der Waals surface area contributed by atoms with E-state index in [9.17, 15) is 9.59 Å². The van der Waals surface area contributed by atoms with E-state index in [0.717, 1.165) is 0 Å². The predicted octanol–water partition coefficient (Wildman–Crippen LogP) is 3.45. The number of carbonyl (C=O) groups is 2. The maximum Gasteiger partial charge on any atom is 0.265 e. The van der Waals surface area contributed by atoms with Gasteiger partial charge in [-0.1, -0.05) is 19.1 Å². The molecular weight excluding hydrogens is 320 g/mol. The minimum absolute atomic E-state index is 0.170. The fourth-order valence-electron chi connectivity index (χ4n) is 2.26. The molecule has 0 saturated carbocycles. The molecule has 2 rings (SSSR count). The normalized spacial score (nSPS) is 11.3. The van der Waals surface area contributed by atoms with Crippen molar-refractivity contribution in [1.82, 2.24) is 0 Å². The summed E-state index contributed by atoms with van der Waals surface area (Å²) >= 11 is 0. The van der Waals surface area contributed by atoms with Gasteiger partial charge in [-0.05, 0) is 36.8 Å². The van der Waals surface area contributed by atoms with Gasteiger partial charge < -0.3 is 20.1 Å². The third-order valence-electron chi connectivity index (χ3n) is 3.43. The highest BCUT2D eigenvalue weighted by molar-refractivity contribution is 5.95. The van der Waals surface area contributed by atoms with Crippen LogP contribution in [0.3, 0.4) is 0 Å². The van der Waals surface area contributed by atoms with E-state index in [-0.39, 0.29) is 11.8 Å². The molecule has 2 amide bonds. The van der Waals surface area contributed by atoms with Gasteiger partial charge >= 0.3 is 0 Å². The zero-order valence-electron chi connectivity index (χ0n) is 14.5. The predicted molar refractivity (Wildman–Crippen MR) is 97.1 cm³/mol. The molecule has 0 aromatic heterocycles. The van der Waals surface area contributed by atoms with E-state index in [0.29, 0.717) is 29.3 Å². The van der Waals surface area contributed by atoms with E-state index in [2.05, 4.69) is 10.6 Å². The first-order valence-electron chi connectivity index (χ1n) is 8.01. The number of hydrogen-bond acceptors (Lipinski definition) is 4. The topological polar surface area (TPSA) is 76.7 Å². The summed E-state index contributed by atoms with van der Waals surface area (Å²) in [6, 6.07) is 14.1. The summed E-state index contributed by atoms with van der Waals surface area (Å²) in [5.74, 6) is 0.797. The van der Waals surface area contributed by atoms with E-state index in [1.54, 1.807) is 55.6 Å². The number of carbonyl (C=O) groups excluding carboxylic acids is 2. The molecule has 0 spiro atoms. The second-order valence-corrected chi connectivity index (χ2v) is 5.44. The Kier molecular flexibility index (Phi) is 6.39. The maximum absolute atomic E-state index is 12.5. The Labute approximate surface area is 147 Å². The van der Waals surface area contributed by atoms with Gasteiger partial charge in [0.2, 0.25) is 5.91 Å². The minimum atomic E-state index is -0.642. The highest BCUT2D eigenvalue weighted by atomic mass is 16.5. The van der Waals surface area contributed by atoms with E-state index >= 15 is 0 Å². The summed E-state index contributed by atoms with van der Waals surface area (Å²) in [6.07, 6.45) is -0.134. The molecule has 0 aliphatic rings. The molecule has 0 saturated heterocycles. The van der Waals surface area contributed by atoms with Crippen molar-refractivity contribution in [2.45, 2.75) is 26.4 Å². The van der Waals surface area contributed by atoms with Gasteiger partial charge in [0.05, 0.1) is 7.11 Å². The SMILES string of the molecule is CC[C@@H](Oc1cccc(OC)c1)C(=O)Nc1cccc(NC(C)=O)c1. The van der Waals surface area contributed by atoms with Crippen LogP contribution in [0.4, 0.5) is 11.4 Å². The number of methoxy groups -OCH3 is 1. The Morgan fingerprint density at radius 3 is 2.28 bits per heavy atom. The molecule has 0 aliphatic heterocycles. The largest absolute Gasteiger partial charge is 0.497 e. The summed E-state index contributed by atoms with van der Waals surface area (Å²) in [5.41, 5.74) is 1.20. The lowest BCUT2D eigenvalue weighted by atomic mass is 10.2. The molecule has 0 heterocycles. The van der Waals surface area contributed by atoms with Crippen molar-refractivity contribution in [1.29, 1.82) is 0 Å². The highest BCUT2D eigenvalue weighted by Crippen LogP contribution is 2.21. The number of benzene rings is 2. The summed E-state index contributed by atoms with van der Waals surface area (Å²) in [6.45, 7) is 3.30. The molecule has 0 aliphatic carbocycles. The van der Waals surface area contributed by atoms with E-state index in [4.69, 9.17) is 9.47 Å². The summed E-state index contributed by atoms with van der Waals surface area (Å²) in [4.78, 5) is 23.6. The molecule has 2 aromatic carbocycles. The van der Waals surface area contributed by atoms with Crippen molar-refractivity contribution < 1.29 is 19.1 Å². The van der Waals surface area contributed by atoms with Gasteiger partial charge in [0.15, 0.2) is 6.10 Å². The van der Waals surface area contributed by atoms with Gasteiger partial charge in [-0.3, -0.25) is 9.59 Å². The zero-order valence-corrected chi connectivity index (χ0v) is 14.5. The number of anilines is 2. The van der Waals surface area contributed by atoms with Crippen LogP contribution in [0.5, 0.6) is 11.5 Å². The lowest BCUT2D eigenvalue weighted by molar-refractivity contribution is -0.122. The highest BCUT2D eigenvalue weighted by Gasteiger charge is 2.19. The number of amides is 2. The molecule has 0 radical (unpaired) electrons. The lowest BCUT2D eigenvalue weighted by Crippen LogP contribution is -2.32. The summed E-state index contributed by atoms with van der Waals surface area (Å²) in [7, 11) is 1.57. The van der Waals surface area contributed by atoms with Crippen LogP contribution in [0.25, 0.3) is 0 Å². The molecular formula is C19H22N2O4. The number of nitrogens with one attached hydrogen (secondary N) is 2. The van der Waals surface area contributed by atoms with Crippen molar-refractivity contribution in [2.75, 3.05) is 17.7 Å². The van der Waals surface area contributed by atoms with Crippen LogP contribution in [-0.4, -0.2) is 25.0 Å². The smallest absolute Gasteiger partial charge is 0.265 e. The van der Waals surface area contributed by atoms with Crippen molar-refractivity contribution in [2.24, 2.45) is 0 Å². The Morgan fingerprint density at radius 2 is 1.64 bits per heavy atom. The molecule has 2 aromatic rings. The van der Waals surface area contributed by atoms with E-state index < -0.39 is 6.10 Å². The zero-order chi connectivity index (χ0) is 18.2. The number of rotatable bonds is 7. The lowest BCUT2D eigenvalue weighted by Gasteiger charge is -2.18. The molecule has 2 N–H and O–H groups in total. The van der Waals surface area contributed by atoms with Gasteiger partial charge in [0.25, 0.3) is 5.91 Å². The van der Waals surface area contributed by atoms with E-state index in [1.807, 2.05) is 6.92 Å². The van der Waals surface area contributed by atoms with Crippen molar-refractivity contribution in [3.05, 3.63) is 48.5 Å². The van der Waals surface area contributed by atoms with Crippen LogP contribution in [0.15, 0.2) is 48.5 Å². The molecule has 0 bridgehead atoms. The average molecular weight is 342 g/mol. The van der Waals surface area contributed by atoms with Gasteiger partial charge in [-0.15, -0.1) is 0 Å². The monoisotopic (exact) mass is 342 g/mol. The Bertz CT molecular complexity index is 746. The second kappa shape index (κ2) is 8.73. The number of hydrogen-bond donors (Lipinski definition) is 2. The van der Waals surface area contributed by atoms with Crippen molar-refractivity contribution >= 4 is 23.2 Å². The van der Waals surface area contributed by atoms with Crippen molar-refractivity contribution in [3.63, 3.8) is 0 Å². The third-order valence-corrected chi connectivity index (χ3v) is 3.43. The molecule has 6 nitrogen and oxygen atoms in total.